The first-order valence-electron chi connectivity index (χ1n) is 18.2. The van der Waals surface area contributed by atoms with Gasteiger partial charge in [-0.15, -0.1) is 6.58 Å². The van der Waals surface area contributed by atoms with E-state index in [0.717, 1.165) is 32.1 Å². The van der Waals surface area contributed by atoms with Crippen LogP contribution in [0.3, 0.4) is 0 Å². The topological polar surface area (TPSA) is 157 Å². The lowest BCUT2D eigenvalue weighted by molar-refractivity contribution is -0.145. The van der Waals surface area contributed by atoms with E-state index < -0.39 is 47.2 Å². The summed E-state index contributed by atoms with van der Waals surface area (Å²) in [4.78, 5) is 84.0. The Labute approximate surface area is 293 Å². The molecule has 2 saturated heterocycles. The van der Waals surface area contributed by atoms with Crippen LogP contribution in [0.5, 0.6) is 0 Å². The van der Waals surface area contributed by atoms with Crippen LogP contribution in [-0.4, -0.2) is 95.6 Å². The number of piperidine rings is 1. The highest BCUT2D eigenvalue weighted by atomic mass is 16.2. The van der Waals surface area contributed by atoms with Crippen molar-refractivity contribution in [3.8, 4) is 0 Å². The van der Waals surface area contributed by atoms with Gasteiger partial charge in [0.25, 0.3) is 5.91 Å². The highest BCUT2D eigenvalue weighted by molar-refractivity contribution is 6.38. The molecule has 0 bridgehead atoms. The molecule has 6 amide bonds. The number of rotatable bonds is 14. The van der Waals surface area contributed by atoms with E-state index in [9.17, 15) is 28.8 Å². The number of ketones is 1. The average Bonchev–Trinajstić information content (AvgIpc) is 3.44. The van der Waals surface area contributed by atoms with Crippen LogP contribution in [0.4, 0.5) is 4.79 Å². The van der Waals surface area contributed by atoms with Crippen molar-refractivity contribution in [2.24, 2.45) is 28.6 Å². The quantitative estimate of drug-likeness (QED) is 0.162. The number of carbonyl (C=O) groups is 6. The molecule has 0 aromatic carbocycles. The first-order chi connectivity index (χ1) is 22.8. The highest BCUT2D eigenvalue weighted by Gasteiger charge is 2.48. The molecule has 12 heteroatoms. The van der Waals surface area contributed by atoms with Gasteiger partial charge in [0.05, 0.1) is 12.1 Å². The number of nitrogens with zero attached hydrogens (tertiary/aromatic N) is 2. The van der Waals surface area contributed by atoms with Gasteiger partial charge >= 0.3 is 6.03 Å². The highest BCUT2D eigenvalue weighted by Crippen LogP contribution is 2.35. The van der Waals surface area contributed by atoms with E-state index in [4.69, 9.17) is 0 Å². The van der Waals surface area contributed by atoms with Gasteiger partial charge in [-0.25, -0.2) is 4.79 Å². The van der Waals surface area contributed by atoms with Crippen LogP contribution in [0.2, 0.25) is 0 Å². The van der Waals surface area contributed by atoms with Gasteiger partial charge in [0, 0.05) is 32.6 Å². The number of Topliss-reactive ketones (excluding diaryl/α,β-unsaturated/α-hetero) is 1. The number of carbonyl (C=O) groups excluding carboxylic acids is 6. The molecule has 2 aliphatic heterocycles. The summed E-state index contributed by atoms with van der Waals surface area (Å²) in [5, 5.41) is 11.4. The van der Waals surface area contributed by atoms with Crippen LogP contribution in [0, 0.1) is 28.6 Å². The van der Waals surface area contributed by atoms with Gasteiger partial charge in [-0.05, 0) is 54.3 Å². The Balaban J connectivity index is 1.82. The molecule has 4 N–H and O–H groups in total. The molecule has 0 aromatic rings. The van der Waals surface area contributed by atoms with Gasteiger partial charge in [-0.2, -0.15) is 0 Å². The van der Waals surface area contributed by atoms with Crippen molar-refractivity contribution < 1.29 is 28.8 Å². The van der Waals surface area contributed by atoms with Crippen LogP contribution in [0.25, 0.3) is 0 Å². The van der Waals surface area contributed by atoms with Crippen molar-refractivity contribution in [3.63, 3.8) is 0 Å². The summed E-state index contributed by atoms with van der Waals surface area (Å²) in [5.74, 6) is -2.13. The second kappa shape index (κ2) is 17.0. The largest absolute Gasteiger partial charge is 0.346 e. The minimum absolute atomic E-state index is 0.0552. The van der Waals surface area contributed by atoms with Crippen molar-refractivity contribution in [2.45, 2.75) is 131 Å². The molecule has 276 valence electrons. The van der Waals surface area contributed by atoms with Crippen molar-refractivity contribution in [3.05, 3.63) is 12.7 Å². The standard InChI is InChI=1S/C37H62N6O6/c1-10-18-38-33(47)30(45)26(21-24-14-13-15-24)39-32(46)29-25(23(2)3)17-20-43(29)34(48)31(37(7,8)9)41-35(49)40-27(36(4,5)6)22-42-19-12-11-16-28(42)44/h10,23-27,29,31H,1,11-22H2,2-9H3,(H,38,47)(H,39,46)(H2,40,41,49)/t25-,26?,27-,29+,31-/m1/s1. The molecule has 3 aliphatic rings. The first kappa shape index (κ1) is 40.0. The molecular weight excluding hydrogens is 624 g/mol. The smallest absolute Gasteiger partial charge is 0.315 e. The van der Waals surface area contributed by atoms with Gasteiger partial charge in [0.15, 0.2) is 0 Å². The summed E-state index contributed by atoms with van der Waals surface area (Å²) in [5.41, 5.74) is -1.08. The van der Waals surface area contributed by atoms with Crippen LogP contribution in [0.1, 0.15) is 107 Å². The minimum Gasteiger partial charge on any atom is -0.346 e. The molecule has 1 saturated carbocycles. The Morgan fingerprint density at radius 2 is 1.57 bits per heavy atom. The second-order valence-corrected chi connectivity index (χ2v) is 16.8. The fraction of sp³-hybridized carbons (Fsp3) is 0.784. The summed E-state index contributed by atoms with van der Waals surface area (Å²) in [6.45, 7) is 20.7. The van der Waals surface area contributed by atoms with Crippen LogP contribution < -0.4 is 21.3 Å². The minimum atomic E-state index is -1.00. The third-order valence-corrected chi connectivity index (χ3v) is 10.5. The summed E-state index contributed by atoms with van der Waals surface area (Å²) >= 11 is 0. The zero-order valence-corrected chi connectivity index (χ0v) is 31.2. The van der Waals surface area contributed by atoms with Gasteiger partial charge in [0.1, 0.15) is 12.1 Å². The summed E-state index contributed by atoms with van der Waals surface area (Å²) in [6, 6.07) is -3.73. The summed E-state index contributed by atoms with van der Waals surface area (Å²) < 4.78 is 0. The normalized spacial score (nSPS) is 22.1. The lowest BCUT2D eigenvalue weighted by Crippen LogP contribution is -2.62. The van der Waals surface area contributed by atoms with Crippen molar-refractivity contribution in [2.75, 3.05) is 26.2 Å². The SMILES string of the molecule is C=CCNC(=O)C(=O)C(CC1CCC1)NC(=O)[C@@H]1[C@@H](C(C)C)CCN1C(=O)[C@@H](NC(=O)N[C@H](CN1CCCCC1=O)C(C)(C)C)C(C)(C)C. The number of hydrogen-bond acceptors (Lipinski definition) is 6. The van der Waals surface area contributed by atoms with Gasteiger partial charge < -0.3 is 31.1 Å². The summed E-state index contributed by atoms with van der Waals surface area (Å²) in [6.07, 6.45) is 7.64. The Kier molecular flexibility index (Phi) is 13.9. The number of urea groups is 1. The number of amides is 6. The van der Waals surface area contributed by atoms with E-state index >= 15 is 0 Å². The molecule has 1 aliphatic carbocycles. The zero-order chi connectivity index (χ0) is 36.7. The van der Waals surface area contributed by atoms with Crippen LogP contribution in [0.15, 0.2) is 12.7 Å². The van der Waals surface area contributed by atoms with Gasteiger partial charge in [-0.3, -0.25) is 24.0 Å². The third kappa shape index (κ3) is 10.8. The monoisotopic (exact) mass is 686 g/mol. The van der Waals surface area contributed by atoms with E-state index in [1.807, 2.05) is 55.4 Å². The molecule has 12 nitrogen and oxygen atoms in total. The number of hydrogen-bond donors (Lipinski definition) is 4. The molecule has 49 heavy (non-hydrogen) atoms. The van der Waals surface area contributed by atoms with Crippen LogP contribution in [-0.2, 0) is 24.0 Å². The molecule has 2 heterocycles. The van der Waals surface area contributed by atoms with E-state index in [0.29, 0.717) is 38.9 Å². The summed E-state index contributed by atoms with van der Waals surface area (Å²) in [7, 11) is 0. The molecule has 0 radical (unpaired) electrons. The Hall–Kier alpha value is -3.44. The van der Waals surface area contributed by atoms with Crippen molar-refractivity contribution >= 4 is 35.4 Å². The molecule has 3 rings (SSSR count). The maximum absolute atomic E-state index is 14.4. The number of nitrogens with one attached hydrogen (secondary N) is 4. The average molecular weight is 687 g/mol. The van der Waals surface area contributed by atoms with E-state index in [1.54, 1.807) is 9.80 Å². The van der Waals surface area contributed by atoms with Gasteiger partial charge in [0.2, 0.25) is 23.5 Å². The van der Waals surface area contributed by atoms with E-state index in [1.165, 1.54) is 6.08 Å². The third-order valence-electron chi connectivity index (χ3n) is 10.5. The molecule has 3 fully saturated rings. The maximum Gasteiger partial charge on any atom is 0.315 e. The van der Waals surface area contributed by atoms with Gasteiger partial charge in [-0.1, -0.05) is 80.7 Å². The van der Waals surface area contributed by atoms with Crippen LogP contribution >= 0.6 is 0 Å². The number of likely N-dealkylation sites (tertiary alicyclic amines) is 2. The zero-order valence-electron chi connectivity index (χ0n) is 31.2. The second-order valence-electron chi connectivity index (χ2n) is 16.8. The van der Waals surface area contributed by atoms with E-state index in [-0.39, 0.29) is 47.6 Å². The molecule has 1 unspecified atom stereocenters. The van der Waals surface area contributed by atoms with Crippen molar-refractivity contribution in [1.82, 2.24) is 31.1 Å². The molecular formula is C37H62N6O6. The molecule has 0 aromatic heterocycles. The fourth-order valence-electron chi connectivity index (χ4n) is 7.01. The molecule has 0 spiro atoms. The fourth-order valence-corrected chi connectivity index (χ4v) is 7.01. The lowest BCUT2D eigenvalue weighted by Gasteiger charge is -2.39. The Morgan fingerprint density at radius 3 is 2.10 bits per heavy atom. The molecule has 5 atom stereocenters. The predicted octanol–water partition coefficient (Wildman–Crippen LogP) is 3.55. The predicted molar refractivity (Wildman–Crippen MR) is 189 cm³/mol. The van der Waals surface area contributed by atoms with E-state index in [2.05, 4.69) is 27.8 Å². The first-order valence-corrected chi connectivity index (χ1v) is 18.2. The lowest BCUT2D eigenvalue weighted by atomic mass is 9.80. The maximum atomic E-state index is 14.4. The Morgan fingerprint density at radius 1 is 0.898 bits per heavy atom. The Bertz CT molecular complexity index is 1230. The van der Waals surface area contributed by atoms with Crippen molar-refractivity contribution in [1.29, 1.82) is 0 Å².